The lowest BCUT2D eigenvalue weighted by molar-refractivity contribution is -0.195. The van der Waals surface area contributed by atoms with Crippen molar-refractivity contribution in [2.75, 3.05) is 11.9 Å². The fourth-order valence-corrected chi connectivity index (χ4v) is 2.84. The van der Waals surface area contributed by atoms with Crippen molar-refractivity contribution in [3.8, 4) is 0 Å². The molecule has 0 amide bonds. The Hall–Kier alpha value is -1.13. The smallest absolute Gasteiger partial charge is 0.370 e. The first-order valence-corrected chi connectivity index (χ1v) is 7.36. The van der Waals surface area contributed by atoms with Gasteiger partial charge < -0.3 is 11.1 Å². The Morgan fingerprint density at radius 2 is 1.88 bits per heavy atom. The van der Waals surface area contributed by atoms with Crippen LogP contribution in [0, 0.1) is 23.5 Å². The maximum Gasteiger partial charge on any atom is 0.392 e. The van der Waals surface area contributed by atoms with Crippen LogP contribution in [0.4, 0.5) is 27.6 Å². The number of guanidine groups is 1. The SMILES string of the molecule is I.NC(=NC[C@H]1CCCC[C@H]1C(F)(F)F)Nc1cc(F)ccc1F. The number of hydrogen-bond donors (Lipinski definition) is 2. The summed E-state index contributed by atoms with van der Waals surface area (Å²) in [5.74, 6) is -3.65. The lowest BCUT2D eigenvalue weighted by Crippen LogP contribution is -2.35. The lowest BCUT2D eigenvalue weighted by atomic mass is 9.79. The van der Waals surface area contributed by atoms with Gasteiger partial charge in [0.05, 0.1) is 11.6 Å². The van der Waals surface area contributed by atoms with E-state index in [1.165, 1.54) is 0 Å². The topological polar surface area (TPSA) is 50.4 Å². The molecule has 0 saturated heterocycles. The molecule has 9 heteroatoms. The van der Waals surface area contributed by atoms with E-state index in [0.29, 0.717) is 12.8 Å². The highest BCUT2D eigenvalue weighted by Crippen LogP contribution is 2.41. The first-order chi connectivity index (χ1) is 10.8. The van der Waals surface area contributed by atoms with E-state index in [2.05, 4.69) is 10.3 Å². The molecule has 0 spiro atoms. The molecule has 0 bridgehead atoms. The van der Waals surface area contributed by atoms with E-state index in [1.54, 1.807) is 0 Å². The summed E-state index contributed by atoms with van der Waals surface area (Å²) in [5.41, 5.74) is 5.36. The van der Waals surface area contributed by atoms with Gasteiger partial charge in [0.1, 0.15) is 11.6 Å². The molecule has 0 heterocycles. The molecular formula is C15H19F5IN3. The van der Waals surface area contributed by atoms with E-state index in [9.17, 15) is 22.0 Å². The van der Waals surface area contributed by atoms with Gasteiger partial charge in [0.15, 0.2) is 5.96 Å². The van der Waals surface area contributed by atoms with Crippen LogP contribution in [0.3, 0.4) is 0 Å². The van der Waals surface area contributed by atoms with Gasteiger partial charge in [-0.1, -0.05) is 12.8 Å². The third kappa shape index (κ3) is 5.75. The van der Waals surface area contributed by atoms with Crippen molar-refractivity contribution in [2.45, 2.75) is 31.9 Å². The van der Waals surface area contributed by atoms with Crippen LogP contribution in [0.15, 0.2) is 23.2 Å². The van der Waals surface area contributed by atoms with Gasteiger partial charge in [-0.3, -0.25) is 4.99 Å². The van der Waals surface area contributed by atoms with E-state index >= 15 is 0 Å². The average Bonchev–Trinajstić information content (AvgIpc) is 2.48. The van der Waals surface area contributed by atoms with Crippen LogP contribution in [-0.4, -0.2) is 18.7 Å². The summed E-state index contributed by atoms with van der Waals surface area (Å²) >= 11 is 0. The number of halogens is 6. The van der Waals surface area contributed by atoms with Crippen LogP contribution in [0.2, 0.25) is 0 Å². The second kappa shape index (κ2) is 8.82. The first kappa shape index (κ1) is 20.9. The standard InChI is InChI=1S/C15H18F5N3.HI/c16-10-5-6-12(17)13(7-10)23-14(21)22-8-9-3-1-2-4-11(9)15(18,19)20;/h5-7,9,11H,1-4,8H2,(H3,21,22,23);1H/t9-,11-;/m1./s1. The quantitative estimate of drug-likeness (QED) is 0.296. The van der Waals surface area contributed by atoms with Gasteiger partial charge >= 0.3 is 6.18 Å². The number of nitrogens with two attached hydrogens (primary N) is 1. The number of nitrogens with one attached hydrogen (secondary N) is 1. The maximum atomic E-state index is 13.5. The molecule has 1 aliphatic carbocycles. The Kier molecular flexibility index (Phi) is 7.68. The molecule has 0 unspecified atom stereocenters. The number of aliphatic imine (C=N–C) groups is 1. The van der Waals surface area contributed by atoms with Crippen molar-refractivity contribution in [2.24, 2.45) is 22.6 Å². The Labute approximate surface area is 153 Å². The van der Waals surface area contributed by atoms with E-state index in [4.69, 9.17) is 5.73 Å². The van der Waals surface area contributed by atoms with E-state index in [-0.39, 0.29) is 48.6 Å². The second-order valence-corrected chi connectivity index (χ2v) is 5.67. The summed E-state index contributed by atoms with van der Waals surface area (Å²) in [4.78, 5) is 3.87. The highest BCUT2D eigenvalue weighted by atomic mass is 127. The molecule has 2 rings (SSSR count). The Morgan fingerprint density at radius 1 is 1.21 bits per heavy atom. The molecule has 3 N–H and O–H groups in total. The monoisotopic (exact) mass is 463 g/mol. The minimum Gasteiger partial charge on any atom is -0.370 e. The number of rotatable bonds is 3. The average molecular weight is 463 g/mol. The van der Waals surface area contributed by atoms with Crippen LogP contribution < -0.4 is 11.1 Å². The second-order valence-electron chi connectivity index (χ2n) is 5.67. The lowest BCUT2D eigenvalue weighted by Gasteiger charge is -2.32. The Balaban J connectivity index is 0.00000288. The number of nitrogens with zero attached hydrogens (tertiary/aromatic N) is 1. The minimum atomic E-state index is -4.25. The van der Waals surface area contributed by atoms with Gasteiger partial charge in [-0.15, -0.1) is 24.0 Å². The molecule has 1 aliphatic rings. The highest BCUT2D eigenvalue weighted by Gasteiger charge is 2.45. The first-order valence-electron chi connectivity index (χ1n) is 7.36. The number of alkyl halides is 3. The molecule has 2 atom stereocenters. The predicted molar refractivity (Wildman–Crippen MR) is 93.4 cm³/mol. The normalized spacial score (nSPS) is 22.0. The largest absolute Gasteiger partial charge is 0.392 e. The molecule has 3 nitrogen and oxygen atoms in total. The summed E-state index contributed by atoms with van der Waals surface area (Å²) in [6, 6.07) is 2.77. The predicted octanol–water partition coefficient (Wildman–Crippen LogP) is 4.68. The van der Waals surface area contributed by atoms with Crippen LogP contribution >= 0.6 is 24.0 Å². The minimum absolute atomic E-state index is 0. The molecular weight excluding hydrogens is 444 g/mol. The van der Waals surface area contributed by atoms with Gasteiger partial charge in [-0.2, -0.15) is 13.2 Å². The van der Waals surface area contributed by atoms with Gasteiger partial charge in [0, 0.05) is 12.6 Å². The zero-order valence-electron chi connectivity index (χ0n) is 12.7. The highest BCUT2D eigenvalue weighted by molar-refractivity contribution is 14.0. The van der Waals surface area contributed by atoms with Crippen molar-refractivity contribution in [3.05, 3.63) is 29.8 Å². The molecule has 1 fully saturated rings. The molecule has 0 aromatic heterocycles. The number of hydrogen-bond acceptors (Lipinski definition) is 1. The van der Waals surface area contributed by atoms with Gasteiger partial charge in [-0.25, -0.2) is 8.78 Å². The zero-order valence-corrected chi connectivity index (χ0v) is 15.1. The molecule has 0 radical (unpaired) electrons. The van der Waals surface area contributed by atoms with Crippen LogP contribution in [-0.2, 0) is 0 Å². The van der Waals surface area contributed by atoms with Crippen molar-refractivity contribution in [3.63, 3.8) is 0 Å². The van der Waals surface area contributed by atoms with E-state index in [0.717, 1.165) is 24.6 Å². The van der Waals surface area contributed by atoms with Gasteiger partial charge in [0.25, 0.3) is 0 Å². The molecule has 1 saturated carbocycles. The van der Waals surface area contributed by atoms with E-state index in [1.807, 2.05) is 0 Å². The van der Waals surface area contributed by atoms with Crippen molar-refractivity contribution < 1.29 is 22.0 Å². The summed E-state index contributed by atoms with van der Waals surface area (Å²) in [6.07, 6.45) is -2.46. The van der Waals surface area contributed by atoms with Crippen LogP contribution in [0.5, 0.6) is 0 Å². The van der Waals surface area contributed by atoms with Crippen LogP contribution in [0.1, 0.15) is 25.7 Å². The Bertz CT molecular complexity index is 577. The fourth-order valence-electron chi connectivity index (χ4n) is 2.84. The summed E-state index contributed by atoms with van der Waals surface area (Å²) in [7, 11) is 0. The third-order valence-corrected chi connectivity index (χ3v) is 4.02. The molecule has 1 aromatic rings. The van der Waals surface area contributed by atoms with Gasteiger partial charge in [0.2, 0.25) is 0 Å². The fraction of sp³-hybridized carbons (Fsp3) is 0.533. The third-order valence-electron chi connectivity index (χ3n) is 4.02. The van der Waals surface area contributed by atoms with Crippen molar-refractivity contribution >= 4 is 35.6 Å². The molecule has 1 aromatic carbocycles. The number of benzene rings is 1. The van der Waals surface area contributed by atoms with Crippen LogP contribution in [0.25, 0.3) is 0 Å². The molecule has 0 aliphatic heterocycles. The Morgan fingerprint density at radius 3 is 2.54 bits per heavy atom. The maximum absolute atomic E-state index is 13.5. The number of anilines is 1. The van der Waals surface area contributed by atoms with Crippen molar-refractivity contribution in [1.29, 1.82) is 0 Å². The zero-order chi connectivity index (χ0) is 17.0. The van der Waals surface area contributed by atoms with Crippen molar-refractivity contribution in [1.82, 2.24) is 0 Å². The van der Waals surface area contributed by atoms with E-state index < -0.39 is 29.6 Å². The molecule has 24 heavy (non-hydrogen) atoms. The summed E-state index contributed by atoms with van der Waals surface area (Å²) < 4.78 is 65.4. The molecule has 136 valence electrons. The summed E-state index contributed by atoms with van der Waals surface area (Å²) in [5, 5.41) is 2.38. The summed E-state index contributed by atoms with van der Waals surface area (Å²) in [6.45, 7) is -0.0973. The van der Waals surface area contributed by atoms with Gasteiger partial charge in [-0.05, 0) is 30.9 Å².